The van der Waals surface area contributed by atoms with Gasteiger partial charge in [0.1, 0.15) is 11.6 Å². The number of aryl methyl sites for hydroxylation is 2. The highest BCUT2D eigenvalue weighted by atomic mass is 16.1. The molecule has 0 bridgehead atoms. The van der Waals surface area contributed by atoms with Crippen LogP contribution in [0.3, 0.4) is 0 Å². The average Bonchev–Trinajstić information content (AvgIpc) is 2.89. The Morgan fingerprint density at radius 3 is 2.74 bits per heavy atom. The van der Waals surface area contributed by atoms with Gasteiger partial charge in [0.15, 0.2) is 0 Å². The highest BCUT2D eigenvalue weighted by Crippen LogP contribution is 2.27. The van der Waals surface area contributed by atoms with Gasteiger partial charge in [0.05, 0.1) is 5.69 Å². The Balaban J connectivity index is 2.16. The summed E-state index contributed by atoms with van der Waals surface area (Å²) in [5.74, 6) is 0. The second-order valence-electron chi connectivity index (χ2n) is 4.95. The summed E-state index contributed by atoms with van der Waals surface area (Å²) in [4.78, 5) is 12.0. The molecule has 0 saturated heterocycles. The molecule has 0 atom stereocenters. The van der Waals surface area contributed by atoms with Crippen LogP contribution in [0.4, 0.5) is 0 Å². The van der Waals surface area contributed by atoms with E-state index in [2.05, 4.69) is 18.2 Å². The zero-order valence-corrected chi connectivity index (χ0v) is 10.8. The highest BCUT2D eigenvalue weighted by Gasteiger charge is 2.13. The molecule has 0 saturated carbocycles. The molecule has 3 rings (SSSR count). The number of nitriles is 1. The molecule has 2 aromatic rings. The molecule has 3 nitrogen and oxygen atoms in total. The average molecular weight is 250 g/mol. The van der Waals surface area contributed by atoms with E-state index in [4.69, 9.17) is 5.26 Å². The van der Waals surface area contributed by atoms with Crippen LogP contribution in [0.5, 0.6) is 0 Å². The molecule has 1 heterocycles. The number of fused-ring (bicyclic) bond motifs is 1. The molecule has 3 heteroatoms. The second kappa shape index (κ2) is 4.40. The number of benzene rings is 1. The van der Waals surface area contributed by atoms with Crippen molar-refractivity contribution in [2.75, 3.05) is 0 Å². The van der Waals surface area contributed by atoms with E-state index >= 15 is 0 Å². The molecule has 0 amide bonds. The second-order valence-corrected chi connectivity index (χ2v) is 4.95. The van der Waals surface area contributed by atoms with Crippen LogP contribution in [0.25, 0.3) is 11.3 Å². The minimum absolute atomic E-state index is 0.187. The summed E-state index contributed by atoms with van der Waals surface area (Å²) in [6.07, 6.45) is 3.49. The first-order chi connectivity index (χ1) is 9.20. The molecule has 0 aliphatic heterocycles. The molecule has 1 aliphatic carbocycles. The monoisotopic (exact) mass is 250 g/mol. The lowest BCUT2D eigenvalue weighted by Gasteiger charge is -2.10. The summed E-state index contributed by atoms with van der Waals surface area (Å²) in [5.41, 5.74) is 4.66. The first-order valence-corrected chi connectivity index (χ1v) is 6.43. The number of pyridine rings is 1. The van der Waals surface area contributed by atoms with Crippen molar-refractivity contribution in [3.63, 3.8) is 0 Å². The summed E-state index contributed by atoms with van der Waals surface area (Å²) < 4.78 is 1.55. The molecule has 0 N–H and O–H groups in total. The lowest BCUT2D eigenvalue weighted by atomic mass is 10.0. The molecular formula is C16H14N2O. The quantitative estimate of drug-likeness (QED) is 0.780. The van der Waals surface area contributed by atoms with Crippen LogP contribution >= 0.6 is 0 Å². The highest BCUT2D eigenvalue weighted by molar-refractivity contribution is 5.62. The van der Waals surface area contributed by atoms with Crippen molar-refractivity contribution in [3.8, 4) is 17.3 Å². The van der Waals surface area contributed by atoms with E-state index in [1.807, 2.05) is 12.1 Å². The Hall–Kier alpha value is -2.34. The van der Waals surface area contributed by atoms with Crippen LogP contribution in [0.15, 0.2) is 35.1 Å². The van der Waals surface area contributed by atoms with Gasteiger partial charge in [-0.2, -0.15) is 5.26 Å². The van der Waals surface area contributed by atoms with Crippen LogP contribution in [0.1, 0.15) is 23.1 Å². The third-order valence-corrected chi connectivity index (χ3v) is 3.82. The molecule has 0 radical (unpaired) electrons. The summed E-state index contributed by atoms with van der Waals surface area (Å²) >= 11 is 0. The molecular weight excluding hydrogens is 236 g/mol. The van der Waals surface area contributed by atoms with E-state index < -0.39 is 0 Å². The van der Waals surface area contributed by atoms with E-state index in [1.165, 1.54) is 17.5 Å². The Morgan fingerprint density at radius 2 is 1.95 bits per heavy atom. The first-order valence-electron chi connectivity index (χ1n) is 6.43. The third kappa shape index (κ3) is 1.86. The number of hydrogen-bond acceptors (Lipinski definition) is 2. The fourth-order valence-corrected chi connectivity index (χ4v) is 2.74. The maximum absolute atomic E-state index is 12.0. The van der Waals surface area contributed by atoms with Gasteiger partial charge in [-0.25, -0.2) is 0 Å². The number of aromatic nitrogens is 1. The Morgan fingerprint density at radius 1 is 1.16 bits per heavy atom. The van der Waals surface area contributed by atoms with E-state index in [0.29, 0.717) is 0 Å². The molecule has 0 spiro atoms. The third-order valence-electron chi connectivity index (χ3n) is 3.82. The predicted molar refractivity (Wildman–Crippen MR) is 73.9 cm³/mol. The Bertz CT molecular complexity index is 750. The summed E-state index contributed by atoms with van der Waals surface area (Å²) in [6, 6.07) is 11.8. The van der Waals surface area contributed by atoms with Crippen molar-refractivity contribution < 1.29 is 0 Å². The molecule has 94 valence electrons. The van der Waals surface area contributed by atoms with E-state index in [1.54, 1.807) is 17.7 Å². The minimum Gasteiger partial charge on any atom is -0.310 e. The van der Waals surface area contributed by atoms with Gasteiger partial charge in [-0.05, 0) is 54.2 Å². The maximum atomic E-state index is 12.0. The van der Waals surface area contributed by atoms with Gasteiger partial charge in [0, 0.05) is 7.05 Å². The first kappa shape index (κ1) is 11.7. The van der Waals surface area contributed by atoms with Crippen LogP contribution in [0, 0.1) is 11.3 Å². The largest absolute Gasteiger partial charge is 0.310 e. The zero-order chi connectivity index (χ0) is 13.4. The molecule has 0 fully saturated rings. The van der Waals surface area contributed by atoms with E-state index in [-0.39, 0.29) is 11.1 Å². The lowest BCUT2D eigenvalue weighted by molar-refractivity contribution is 0.865. The fraction of sp³-hybridized carbons (Fsp3) is 0.250. The predicted octanol–water partition coefficient (Wildman–Crippen LogP) is 2.41. The Labute approximate surface area is 111 Å². The number of rotatable bonds is 1. The molecule has 0 unspecified atom stereocenters. The summed E-state index contributed by atoms with van der Waals surface area (Å²) in [5, 5.41) is 8.87. The number of nitrogens with zero attached hydrogens (tertiary/aromatic N) is 2. The topological polar surface area (TPSA) is 45.8 Å². The van der Waals surface area contributed by atoms with Crippen LogP contribution in [0.2, 0.25) is 0 Å². The van der Waals surface area contributed by atoms with Gasteiger partial charge < -0.3 is 4.57 Å². The van der Waals surface area contributed by atoms with Crippen LogP contribution in [-0.2, 0) is 19.9 Å². The molecule has 19 heavy (non-hydrogen) atoms. The van der Waals surface area contributed by atoms with Crippen molar-refractivity contribution in [1.29, 1.82) is 5.26 Å². The number of hydrogen-bond donors (Lipinski definition) is 0. The van der Waals surface area contributed by atoms with Crippen molar-refractivity contribution in [2.45, 2.75) is 19.3 Å². The molecule has 1 aromatic heterocycles. The zero-order valence-electron chi connectivity index (χ0n) is 10.8. The van der Waals surface area contributed by atoms with Crippen LogP contribution in [-0.4, -0.2) is 4.57 Å². The summed E-state index contributed by atoms with van der Waals surface area (Å²) in [6.45, 7) is 0. The van der Waals surface area contributed by atoms with Gasteiger partial charge in [-0.1, -0.05) is 12.1 Å². The fourth-order valence-electron chi connectivity index (χ4n) is 2.74. The smallest absolute Gasteiger partial charge is 0.268 e. The molecule has 1 aromatic carbocycles. The van der Waals surface area contributed by atoms with E-state index in [0.717, 1.165) is 24.1 Å². The van der Waals surface area contributed by atoms with Crippen LogP contribution < -0.4 is 5.56 Å². The van der Waals surface area contributed by atoms with Crippen molar-refractivity contribution >= 4 is 0 Å². The van der Waals surface area contributed by atoms with Gasteiger partial charge in [-0.15, -0.1) is 0 Å². The van der Waals surface area contributed by atoms with Crippen molar-refractivity contribution in [1.82, 2.24) is 4.57 Å². The van der Waals surface area contributed by atoms with Crippen molar-refractivity contribution in [2.24, 2.45) is 7.05 Å². The summed E-state index contributed by atoms with van der Waals surface area (Å²) in [7, 11) is 1.71. The SMILES string of the molecule is Cn1c(-c2ccc3c(c2)CCC3)ccc(C#N)c1=O. The van der Waals surface area contributed by atoms with E-state index in [9.17, 15) is 4.79 Å². The van der Waals surface area contributed by atoms with Gasteiger partial charge in [0.2, 0.25) is 0 Å². The maximum Gasteiger partial charge on any atom is 0.268 e. The van der Waals surface area contributed by atoms with Gasteiger partial charge >= 0.3 is 0 Å². The lowest BCUT2D eigenvalue weighted by Crippen LogP contribution is -2.20. The standard InChI is InChI=1S/C16H14N2O/c1-18-15(8-7-14(10-17)16(18)19)13-6-5-11-3-2-4-12(11)9-13/h5-9H,2-4H2,1H3. The normalized spacial score (nSPS) is 13.1. The van der Waals surface area contributed by atoms with Gasteiger partial charge in [-0.3, -0.25) is 4.79 Å². The van der Waals surface area contributed by atoms with Crippen molar-refractivity contribution in [3.05, 3.63) is 57.4 Å². The van der Waals surface area contributed by atoms with Gasteiger partial charge in [0.25, 0.3) is 5.56 Å². The Kier molecular flexibility index (Phi) is 2.72. The minimum atomic E-state index is -0.236. The molecule has 1 aliphatic rings.